The SMILES string of the molecule is CN1CCC(CN[C@H]2CCCC[C@@H]2O)C1. The summed E-state index contributed by atoms with van der Waals surface area (Å²) in [6, 6.07) is 0.365. The van der Waals surface area contributed by atoms with E-state index in [2.05, 4.69) is 17.3 Å². The van der Waals surface area contributed by atoms with Gasteiger partial charge in [0.05, 0.1) is 6.10 Å². The Labute approximate surface area is 92.8 Å². The van der Waals surface area contributed by atoms with Crippen molar-refractivity contribution in [3.05, 3.63) is 0 Å². The monoisotopic (exact) mass is 212 g/mol. The van der Waals surface area contributed by atoms with E-state index in [9.17, 15) is 5.11 Å². The maximum Gasteiger partial charge on any atom is 0.0693 e. The van der Waals surface area contributed by atoms with Gasteiger partial charge in [0.2, 0.25) is 0 Å². The van der Waals surface area contributed by atoms with Crippen LogP contribution in [-0.4, -0.2) is 48.8 Å². The van der Waals surface area contributed by atoms with E-state index < -0.39 is 0 Å². The molecule has 2 fully saturated rings. The predicted molar refractivity (Wildman–Crippen MR) is 61.9 cm³/mol. The first kappa shape index (κ1) is 11.4. The Kier molecular flexibility index (Phi) is 4.00. The van der Waals surface area contributed by atoms with E-state index in [1.54, 1.807) is 0 Å². The van der Waals surface area contributed by atoms with Crippen LogP contribution in [0.5, 0.6) is 0 Å². The van der Waals surface area contributed by atoms with Gasteiger partial charge in [-0.25, -0.2) is 0 Å². The zero-order valence-corrected chi connectivity index (χ0v) is 9.78. The van der Waals surface area contributed by atoms with Crippen LogP contribution in [-0.2, 0) is 0 Å². The standard InChI is InChI=1S/C12H24N2O/c1-14-7-6-10(9-14)8-13-11-4-2-3-5-12(11)15/h10-13,15H,2-9H2,1H3/t10?,11-,12-/m0/s1. The first-order chi connectivity index (χ1) is 7.25. The van der Waals surface area contributed by atoms with Gasteiger partial charge in [0.25, 0.3) is 0 Å². The van der Waals surface area contributed by atoms with Gasteiger partial charge in [0.15, 0.2) is 0 Å². The van der Waals surface area contributed by atoms with Crippen molar-refractivity contribution in [1.82, 2.24) is 10.2 Å². The number of likely N-dealkylation sites (tertiary alicyclic amines) is 1. The Morgan fingerprint density at radius 2 is 2.07 bits per heavy atom. The number of aliphatic hydroxyl groups excluding tert-OH is 1. The fourth-order valence-electron chi connectivity index (χ4n) is 2.86. The lowest BCUT2D eigenvalue weighted by atomic mass is 9.92. The summed E-state index contributed by atoms with van der Waals surface area (Å²) in [5.41, 5.74) is 0. The van der Waals surface area contributed by atoms with Crippen molar-refractivity contribution in [2.75, 3.05) is 26.7 Å². The van der Waals surface area contributed by atoms with E-state index in [0.717, 1.165) is 25.3 Å². The highest BCUT2D eigenvalue weighted by atomic mass is 16.3. The van der Waals surface area contributed by atoms with Gasteiger partial charge in [0.1, 0.15) is 0 Å². The lowest BCUT2D eigenvalue weighted by Crippen LogP contribution is -2.44. The molecule has 2 N–H and O–H groups in total. The highest BCUT2D eigenvalue weighted by Crippen LogP contribution is 2.19. The van der Waals surface area contributed by atoms with E-state index in [-0.39, 0.29) is 6.10 Å². The van der Waals surface area contributed by atoms with Crippen LogP contribution in [0.1, 0.15) is 32.1 Å². The van der Waals surface area contributed by atoms with Gasteiger partial charge in [-0.1, -0.05) is 12.8 Å². The van der Waals surface area contributed by atoms with Crippen LogP contribution in [0.25, 0.3) is 0 Å². The van der Waals surface area contributed by atoms with Gasteiger partial charge >= 0.3 is 0 Å². The molecule has 3 nitrogen and oxygen atoms in total. The third-order valence-electron chi connectivity index (χ3n) is 3.89. The number of hydrogen-bond acceptors (Lipinski definition) is 3. The molecular formula is C12H24N2O. The molecule has 1 aliphatic heterocycles. The second-order valence-corrected chi connectivity index (χ2v) is 5.28. The van der Waals surface area contributed by atoms with E-state index in [1.807, 2.05) is 0 Å². The summed E-state index contributed by atoms with van der Waals surface area (Å²) in [5, 5.41) is 13.4. The Bertz CT molecular complexity index is 198. The Balaban J connectivity index is 1.68. The molecule has 1 saturated carbocycles. The molecule has 0 radical (unpaired) electrons. The minimum Gasteiger partial charge on any atom is -0.392 e. The molecule has 0 aromatic rings. The lowest BCUT2D eigenvalue weighted by molar-refractivity contribution is 0.0890. The van der Waals surface area contributed by atoms with Gasteiger partial charge in [0, 0.05) is 12.6 Å². The molecule has 1 unspecified atom stereocenters. The van der Waals surface area contributed by atoms with Crippen molar-refractivity contribution in [3.63, 3.8) is 0 Å². The second-order valence-electron chi connectivity index (χ2n) is 5.28. The molecule has 1 aliphatic carbocycles. The van der Waals surface area contributed by atoms with Crippen molar-refractivity contribution >= 4 is 0 Å². The van der Waals surface area contributed by atoms with Crippen LogP contribution in [0.3, 0.4) is 0 Å². The van der Waals surface area contributed by atoms with Crippen molar-refractivity contribution in [3.8, 4) is 0 Å². The number of rotatable bonds is 3. The summed E-state index contributed by atoms with van der Waals surface area (Å²) in [6.45, 7) is 3.54. The van der Waals surface area contributed by atoms with Crippen molar-refractivity contribution < 1.29 is 5.11 Å². The summed E-state index contributed by atoms with van der Waals surface area (Å²) < 4.78 is 0. The predicted octanol–water partition coefficient (Wildman–Crippen LogP) is 0.831. The van der Waals surface area contributed by atoms with Crippen LogP contribution in [0.15, 0.2) is 0 Å². The molecule has 1 saturated heterocycles. The van der Waals surface area contributed by atoms with Crippen molar-refractivity contribution in [2.24, 2.45) is 5.92 Å². The molecule has 0 aromatic carbocycles. The third-order valence-corrected chi connectivity index (χ3v) is 3.89. The van der Waals surface area contributed by atoms with Crippen LogP contribution in [0.4, 0.5) is 0 Å². The second kappa shape index (κ2) is 5.28. The molecule has 15 heavy (non-hydrogen) atoms. The Morgan fingerprint density at radius 1 is 1.27 bits per heavy atom. The molecule has 2 aliphatic rings. The number of aliphatic hydroxyl groups is 1. The number of nitrogens with one attached hydrogen (secondary N) is 1. The van der Waals surface area contributed by atoms with Gasteiger partial charge in [-0.15, -0.1) is 0 Å². The van der Waals surface area contributed by atoms with E-state index >= 15 is 0 Å². The van der Waals surface area contributed by atoms with Crippen molar-refractivity contribution in [2.45, 2.75) is 44.2 Å². The van der Waals surface area contributed by atoms with Gasteiger partial charge in [-0.3, -0.25) is 0 Å². The molecule has 1 heterocycles. The van der Waals surface area contributed by atoms with Crippen LogP contribution < -0.4 is 5.32 Å². The van der Waals surface area contributed by atoms with Crippen LogP contribution in [0, 0.1) is 5.92 Å². The quantitative estimate of drug-likeness (QED) is 0.727. The minimum atomic E-state index is -0.0992. The van der Waals surface area contributed by atoms with Crippen LogP contribution >= 0.6 is 0 Å². The largest absolute Gasteiger partial charge is 0.392 e. The summed E-state index contributed by atoms with van der Waals surface area (Å²) in [7, 11) is 2.19. The normalized spacial score (nSPS) is 38.4. The van der Waals surface area contributed by atoms with Crippen molar-refractivity contribution in [1.29, 1.82) is 0 Å². The van der Waals surface area contributed by atoms with E-state index in [0.29, 0.717) is 6.04 Å². The van der Waals surface area contributed by atoms with E-state index in [4.69, 9.17) is 0 Å². The molecule has 0 aromatic heterocycles. The fraction of sp³-hybridized carbons (Fsp3) is 1.00. The highest BCUT2D eigenvalue weighted by Gasteiger charge is 2.25. The summed E-state index contributed by atoms with van der Waals surface area (Å²) in [4.78, 5) is 2.39. The van der Waals surface area contributed by atoms with Crippen LogP contribution in [0.2, 0.25) is 0 Å². The first-order valence-electron chi connectivity index (χ1n) is 6.35. The molecule has 88 valence electrons. The zero-order chi connectivity index (χ0) is 10.7. The smallest absolute Gasteiger partial charge is 0.0693 e. The number of hydrogen-bond donors (Lipinski definition) is 2. The zero-order valence-electron chi connectivity index (χ0n) is 9.78. The number of nitrogens with zero attached hydrogens (tertiary/aromatic N) is 1. The fourth-order valence-corrected chi connectivity index (χ4v) is 2.86. The lowest BCUT2D eigenvalue weighted by Gasteiger charge is -2.29. The molecule has 2 rings (SSSR count). The molecule has 0 amide bonds. The maximum atomic E-state index is 9.82. The topological polar surface area (TPSA) is 35.5 Å². The molecular weight excluding hydrogens is 188 g/mol. The molecule has 0 bridgehead atoms. The Morgan fingerprint density at radius 3 is 2.73 bits per heavy atom. The highest BCUT2D eigenvalue weighted by molar-refractivity contribution is 4.83. The third kappa shape index (κ3) is 3.16. The first-order valence-corrected chi connectivity index (χ1v) is 6.35. The average molecular weight is 212 g/mol. The summed E-state index contributed by atoms with van der Waals surface area (Å²) in [5.74, 6) is 0.795. The Hall–Kier alpha value is -0.120. The molecule has 3 atom stereocenters. The molecule has 3 heteroatoms. The van der Waals surface area contributed by atoms with Gasteiger partial charge < -0.3 is 15.3 Å². The maximum absolute atomic E-state index is 9.82. The van der Waals surface area contributed by atoms with Gasteiger partial charge in [-0.05, 0) is 45.3 Å². The average Bonchev–Trinajstić information content (AvgIpc) is 2.63. The van der Waals surface area contributed by atoms with Gasteiger partial charge in [-0.2, -0.15) is 0 Å². The molecule has 0 spiro atoms. The summed E-state index contributed by atoms with van der Waals surface area (Å²) >= 11 is 0. The van der Waals surface area contributed by atoms with E-state index in [1.165, 1.54) is 32.4 Å². The summed E-state index contributed by atoms with van der Waals surface area (Å²) in [6.07, 6.45) is 5.83. The minimum absolute atomic E-state index is 0.0992.